The number of hydrogen-bond acceptors (Lipinski definition) is 3. The van der Waals surface area contributed by atoms with Gasteiger partial charge in [-0.3, -0.25) is 9.69 Å². The largest absolute Gasteiger partial charge is 0.338 e. The summed E-state index contributed by atoms with van der Waals surface area (Å²) >= 11 is 0. The molecular formula is C20H24N4O2. The van der Waals surface area contributed by atoms with Crippen LogP contribution in [0.25, 0.3) is 0 Å². The monoisotopic (exact) mass is 352 g/mol. The highest BCUT2D eigenvalue weighted by atomic mass is 16.2. The highest BCUT2D eigenvalue weighted by molar-refractivity contribution is 5.98. The fourth-order valence-electron chi connectivity index (χ4n) is 3.06. The molecule has 6 heteroatoms. The molecule has 0 saturated carbocycles. The molecule has 3 amide bonds. The van der Waals surface area contributed by atoms with Crippen LogP contribution in [-0.4, -0.2) is 25.0 Å². The van der Waals surface area contributed by atoms with Gasteiger partial charge in [-0.15, -0.1) is 0 Å². The molecule has 6 nitrogen and oxygen atoms in total. The lowest BCUT2D eigenvalue weighted by molar-refractivity contribution is -0.117. The standard InChI is InChI=1S/C20H24N4O2/c1-3-22-20(26)24-11-10-14-8-9-16(12-17(14)24)23-19(25)18(21)15-6-4-13(2)5-7-15/h4-9,12,18H,3,10-11,21H2,1-2H3,(H,22,26)(H,23,25). The first-order valence-corrected chi connectivity index (χ1v) is 8.81. The van der Waals surface area contributed by atoms with Gasteiger partial charge in [0.15, 0.2) is 0 Å². The molecule has 1 aliphatic rings. The molecule has 0 radical (unpaired) electrons. The Balaban J connectivity index is 1.74. The van der Waals surface area contributed by atoms with Crippen molar-refractivity contribution in [2.45, 2.75) is 26.3 Å². The molecule has 1 heterocycles. The van der Waals surface area contributed by atoms with E-state index in [9.17, 15) is 9.59 Å². The van der Waals surface area contributed by atoms with Gasteiger partial charge in [-0.25, -0.2) is 4.79 Å². The lowest BCUT2D eigenvalue weighted by Crippen LogP contribution is -2.38. The average Bonchev–Trinajstić information content (AvgIpc) is 3.05. The summed E-state index contributed by atoms with van der Waals surface area (Å²) in [7, 11) is 0. The molecular weight excluding hydrogens is 328 g/mol. The Labute approximate surface area is 153 Å². The first kappa shape index (κ1) is 17.9. The van der Waals surface area contributed by atoms with Crippen LogP contribution in [0.1, 0.15) is 29.7 Å². The molecule has 26 heavy (non-hydrogen) atoms. The minimum atomic E-state index is -0.747. The van der Waals surface area contributed by atoms with Crippen LogP contribution >= 0.6 is 0 Å². The highest BCUT2D eigenvalue weighted by Crippen LogP contribution is 2.31. The van der Waals surface area contributed by atoms with E-state index in [4.69, 9.17) is 5.73 Å². The van der Waals surface area contributed by atoms with Gasteiger partial charge >= 0.3 is 6.03 Å². The van der Waals surface area contributed by atoms with Crippen LogP contribution in [0.4, 0.5) is 16.2 Å². The summed E-state index contributed by atoms with van der Waals surface area (Å²) in [4.78, 5) is 26.4. The molecule has 1 unspecified atom stereocenters. The second kappa shape index (κ2) is 7.58. The number of carbonyl (C=O) groups is 2. The number of carbonyl (C=O) groups excluding carboxylic acids is 2. The summed E-state index contributed by atoms with van der Waals surface area (Å²) in [6, 6.07) is 12.3. The van der Waals surface area contributed by atoms with Crippen LogP contribution in [0, 0.1) is 6.92 Å². The molecule has 3 rings (SSSR count). The lowest BCUT2D eigenvalue weighted by atomic mass is 10.1. The number of nitrogens with two attached hydrogens (primary N) is 1. The van der Waals surface area contributed by atoms with E-state index in [1.165, 1.54) is 0 Å². The maximum absolute atomic E-state index is 12.5. The molecule has 0 fully saturated rings. The number of fused-ring (bicyclic) bond motifs is 1. The average molecular weight is 352 g/mol. The molecule has 1 aliphatic heterocycles. The molecule has 0 saturated heterocycles. The van der Waals surface area contributed by atoms with Crippen LogP contribution in [-0.2, 0) is 11.2 Å². The van der Waals surface area contributed by atoms with Gasteiger partial charge in [0.1, 0.15) is 6.04 Å². The summed E-state index contributed by atoms with van der Waals surface area (Å²) < 4.78 is 0. The number of rotatable bonds is 4. The fourth-order valence-corrected chi connectivity index (χ4v) is 3.06. The van der Waals surface area contributed by atoms with E-state index in [-0.39, 0.29) is 11.9 Å². The molecule has 1 atom stereocenters. The number of anilines is 2. The number of benzene rings is 2. The topological polar surface area (TPSA) is 87.5 Å². The Hall–Kier alpha value is -2.86. The predicted molar refractivity (Wildman–Crippen MR) is 103 cm³/mol. The molecule has 0 aliphatic carbocycles. The summed E-state index contributed by atoms with van der Waals surface area (Å²) in [5, 5.41) is 5.67. The number of aryl methyl sites for hydroxylation is 1. The third-order valence-corrected chi connectivity index (χ3v) is 4.54. The molecule has 0 bridgehead atoms. The fraction of sp³-hybridized carbons (Fsp3) is 0.300. The maximum atomic E-state index is 12.5. The zero-order valence-corrected chi connectivity index (χ0v) is 15.1. The van der Waals surface area contributed by atoms with Crippen LogP contribution < -0.4 is 21.3 Å². The third kappa shape index (κ3) is 3.70. The van der Waals surface area contributed by atoms with Crippen molar-refractivity contribution in [2.24, 2.45) is 5.73 Å². The Morgan fingerprint density at radius 2 is 1.92 bits per heavy atom. The Bertz CT molecular complexity index is 817. The van der Waals surface area contributed by atoms with Crippen molar-refractivity contribution in [3.8, 4) is 0 Å². The van der Waals surface area contributed by atoms with E-state index in [0.29, 0.717) is 18.8 Å². The zero-order valence-electron chi connectivity index (χ0n) is 15.1. The van der Waals surface area contributed by atoms with Crippen molar-refractivity contribution >= 4 is 23.3 Å². The number of nitrogens with one attached hydrogen (secondary N) is 2. The molecule has 0 spiro atoms. The van der Waals surface area contributed by atoms with E-state index in [0.717, 1.165) is 28.8 Å². The van der Waals surface area contributed by atoms with Crippen molar-refractivity contribution in [1.29, 1.82) is 0 Å². The highest BCUT2D eigenvalue weighted by Gasteiger charge is 2.25. The van der Waals surface area contributed by atoms with Crippen molar-refractivity contribution < 1.29 is 9.59 Å². The summed E-state index contributed by atoms with van der Waals surface area (Å²) in [5.41, 5.74) is 10.5. The minimum Gasteiger partial charge on any atom is -0.338 e. The Morgan fingerprint density at radius 3 is 2.62 bits per heavy atom. The summed E-state index contributed by atoms with van der Waals surface area (Å²) in [6.45, 7) is 5.09. The van der Waals surface area contributed by atoms with Crippen molar-refractivity contribution in [3.63, 3.8) is 0 Å². The van der Waals surface area contributed by atoms with Gasteiger partial charge in [0.25, 0.3) is 0 Å². The van der Waals surface area contributed by atoms with E-state index < -0.39 is 6.04 Å². The van der Waals surface area contributed by atoms with Gasteiger partial charge in [0.05, 0.1) is 5.69 Å². The van der Waals surface area contributed by atoms with Gasteiger partial charge < -0.3 is 16.4 Å². The number of amides is 3. The lowest BCUT2D eigenvalue weighted by Gasteiger charge is -2.19. The molecule has 4 N–H and O–H groups in total. The molecule has 0 aromatic heterocycles. The van der Waals surface area contributed by atoms with E-state index in [2.05, 4.69) is 10.6 Å². The Morgan fingerprint density at radius 1 is 1.19 bits per heavy atom. The second-order valence-corrected chi connectivity index (χ2v) is 6.46. The SMILES string of the molecule is CCNC(=O)N1CCc2ccc(NC(=O)C(N)c3ccc(C)cc3)cc21. The normalized spacial score (nSPS) is 13.9. The summed E-state index contributed by atoms with van der Waals surface area (Å²) in [6.07, 6.45) is 0.809. The van der Waals surface area contributed by atoms with E-state index >= 15 is 0 Å². The molecule has 2 aromatic carbocycles. The van der Waals surface area contributed by atoms with E-state index in [1.807, 2.05) is 56.3 Å². The van der Waals surface area contributed by atoms with Gasteiger partial charge in [0, 0.05) is 18.8 Å². The van der Waals surface area contributed by atoms with Crippen LogP contribution in [0.3, 0.4) is 0 Å². The van der Waals surface area contributed by atoms with Crippen molar-refractivity contribution in [2.75, 3.05) is 23.3 Å². The second-order valence-electron chi connectivity index (χ2n) is 6.46. The van der Waals surface area contributed by atoms with Crippen molar-refractivity contribution in [1.82, 2.24) is 5.32 Å². The van der Waals surface area contributed by atoms with Gasteiger partial charge in [-0.2, -0.15) is 0 Å². The van der Waals surface area contributed by atoms with Crippen molar-refractivity contribution in [3.05, 3.63) is 59.2 Å². The number of hydrogen-bond donors (Lipinski definition) is 3. The Kier molecular flexibility index (Phi) is 5.23. The van der Waals surface area contributed by atoms with Gasteiger partial charge in [0.2, 0.25) is 5.91 Å². The smallest absolute Gasteiger partial charge is 0.321 e. The van der Waals surface area contributed by atoms with Gasteiger partial charge in [-0.1, -0.05) is 35.9 Å². The van der Waals surface area contributed by atoms with Crippen LogP contribution in [0.15, 0.2) is 42.5 Å². The maximum Gasteiger partial charge on any atom is 0.321 e. The zero-order chi connectivity index (χ0) is 18.7. The number of urea groups is 1. The first-order chi connectivity index (χ1) is 12.5. The van der Waals surface area contributed by atoms with Gasteiger partial charge in [-0.05, 0) is 43.5 Å². The first-order valence-electron chi connectivity index (χ1n) is 8.81. The quantitative estimate of drug-likeness (QED) is 0.791. The molecule has 136 valence electrons. The minimum absolute atomic E-state index is 0.119. The molecule has 2 aromatic rings. The predicted octanol–water partition coefficient (Wildman–Crippen LogP) is 2.73. The van der Waals surface area contributed by atoms with Crippen LogP contribution in [0.2, 0.25) is 0 Å². The van der Waals surface area contributed by atoms with Crippen LogP contribution in [0.5, 0.6) is 0 Å². The number of nitrogens with zero attached hydrogens (tertiary/aromatic N) is 1. The summed E-state index contributed by atoms with van der Waals surface area (Å²) in [5.74, 6) is -0.281. The third-order valence-electron chi connectivity index (χ3n) is 4.54. The van der Waals surface area contributed by atoms with E-state index in [1.54, 1.807) is 4.90 Å².